The first kappa shape index (κ1) is 16.3. The van der Waals surface area contributed by atoms with Gasteiger partial charge in [-0.15, -0.1) is 0 Å². The highest BCUT2D eigenvalue weighted by molar-refractivity contribution is 5.97. The molecule has 1 heterocycles. The summed E-state index contributed by atoms with van der Waals surface area (Å²) in [6, 6.07) is 0. The molecule has 2 bridgehead atoms. The maximum atomic E-state index is 12.2. The van der Waals surface area contributed by atoms with Crippen LogP contribution < -0.4 is 0 Å². The molecule has 7 heteroatoms. The van der Waals surface area contributed by atoms with Crippen LogP contribution in [0.5, 0.6) is 0 Å². The van der Waals surface area contributed by atoms with E-state index in [1.165, 1.54) is 14.2 Å². The normalized spacial score (nSPS) is 32.0. The summed E-state index contributed by atoms with van der Waals surface area (Å²) in [4.78, 5) is 35.4. The second kappa shape index (κ2) is 5.41. The summed E-state index contributed by atoms with van der Waals surface area (Å²) in [5.41, 5.74) is 1.79. The average Bonchev–Trinajstić information content (AvgIpc) is 2.94. The predicted molar refractivity (Wildman–Crippen MR) is 85.7 cm³/mol. The van der Waals surface area contributed by atoms with Crippen LogP contribution in [0.15, 0.2) is 6.20 Å². The highest BCUT2D eigenvalue weighted by Gasteiger charge is 2.74. The Balaban J connectivity index is 1.44. The molecule has 0 radical (unpaired) electrons. The van der Waals surface area contributed by atoms with Crippen molar-refractivity contribution < 1.29 is 23.9 Å². The Kier molecular flexibility index (Phi) is 3.53. The molecule has 0 N–H and O–H groups in total. The van der Waals surface area contributed by atoms with Crippen molar-refractivity contribution in [2.75, 3.05) is 14.2 Å². The Bertz CT molecular complexity index is 746. The number of carbonyl (C=O) groups excluding carboxylic acids is 3. The summed E-state index contributed by atoms with van der Waals surface area (Å²) < 4.78 is 11.5. The van der Waals surface area contributed by atoms with Gasteiger partial charge in [0, 0.05) is 12.1 Å². The largest absolute Gasteiger partial charge is 0.469 e. The van der Waals surface area contributed by atoms with E-state index in [0.29, 0.717) is 6.42 Å². The number of hydrogen-bond donors (Lipinski definition) is 0. The van der Waals surface area contributed by atoms with Crippen molar-refractivity contribution in [3.63, 3.8) is 0 Å². The van der Waals surface area contributed by atoms with Gasteiger partial charge in [0.25, 0.3) is 0 Å². The number of esters is 2. The maximum absolute atomic E-state index is 12.2. The lowest BCUT2D eigenvalue weighted by molar-refractivity contribution is -0.219. The minimum absolute atomic E-state index is 0.0446. The number of ether oxygens (including phenoxy) is 2. The summed E-state index contributed by atoms with van der Waals surface area (Å²) in [6.45, 7) is 0. The van der Waals surface area contributed by atoms with Crippen molar-refractivity contribution in [2.45, 2.75) is 50.5 Å². The molecule has 1 atom stereocenters. The number of fused-ring (bicyclic) bond motifs is 1. The number of nitrogens with zero attached hydrogens (tertiary/aromatic N) is 2. The van der Waals surface area contributed by atoms with Gasteiger partial charge >= 0.3 is 11.9 Å². The quantitative estimate of drug-likeness (QED) is 0.587. The van der Waals surface area contributed by atoms with E-state index in [9.17, 15) is 14.4 Å². The van der Waals surface area contributed by atoms with E-state index in [1.54, 1.807) is 0 Å². The van der Waals surface area contributed by atoms with Crippen LogP contribution in [0.1, 0.15) is 43.4 Å². The molecule has 25 heavy (non-hydrogen) atoms. The van der Waals surface area contributed by atoms with E-state index in [0.717, 1.165) is 43.4 Å². The van der Waals surface area contributed by atoms with Crippen molar-refractivity contribution >= 4 is 17.7 Å². The van der Waals surface area contributed by atoms with E-state index in [4.69, 9.17) is 9.84 Å². The van der Waals surface area contributed by atoms with E-state index in [-0.39, 0.29) is 35.0 Å². The van der Waals surface area contributed by atoms with Crippen LogP contribution in [0.2, 0.25) is 0 Å². The van der Waals surface area contributed by atoms with Crippen LogP contribution in [0.3, 0.4) is 0 Å². The fourth-order valence-electron chi connectivity index (χ4n) is 4.79. The van der Waals surface area contributed by atoms with Crippen molar-refractivity contribution in [3.05, 3.63) is 17.5 Å². The highest BCUT2D eigenvalue weighted by atomic mass is 16.5. The third kappa shape index (κ3) is 2.32. The molecule has 1 aromatic heterocycles. The average molecular weight is 346 g/mol. The fraction of sp³-hybridized carbons (Fsp3) is 0.667. The van der Waals surface area contributed by atoms with E-state index in [2.05, 4.69) is 4.74 Å². The smallest absolute Gasteiger partial charge is 0.313 e. The van der Waals surface area contributed by atoms with Crippen molar-refractivity contribution in [1.82, 2.24) is 9.78 Å². The fourth-order valence-corrected chi connectivity index (χ4v) is 4.79. The monoisotopic (exact) mass is 346 g/mol. The van der Waals surface area contributed by atoms with Gasteiger partial charge in [-0.25, -0.2) is 0 Å². The molecule has 4 aliphatic rings. The SMILES string of the molecule is COC(=O)CC(=O)C1CCc2nn([C@]34C[C@](C(=O)OC)(C3)C4)cc2C1. The summed E-state index contributed by atoms with van der Waals surface area (Å²) in [5.74, 6) is -0.785. The zero-order valence-corrected chi connectivity index (χ0v) is 14.5. The Morgan fingerprint density at radius 3 is 2.60 bits per heavy atom. The minimum Gasteiger partial charge on any atom is -0.469 e. The third-order valence-corrected chi connectivity index (χ3v) is 6.18. The second-order valence-electron chi connectivity index (χ2n) is 7.73. The molecule has 1 unspecified atom stereocenters. The van der Waals surface area contributed by atoms with Crippen LogP contribution in [0.25, 0.3) is 0 Å². The molecule has 4 aliphatic carbocycles. The number of Topliss-reactive ketones (excluding diaryl/α,β-unsaturated/α-hetero) is 1. The molecular weight excluding hydrogens is 324 g/mol. The zero-order chi connectivity index (χ0) is 17.8. The molecule has 7 nitrogen and oxygen atoms in total. The van der Waals surface area contributed by atoms with Gasteiger partial charge < -0.3 is 9.47 Å². The summed E-state index contributed by atoms with van der Waals surface area (Å²) in [7, 11) is 2.73. The summed E-state index contributed by atoms with van der Waals surface area (Å²) in [5, 5.41) is 4.73. The minimum atomic E-state index is -0.478. The first-order valence-electron chi connectivity index (χ1n) is 8.67. The highest BCUT2D eigenvalue weighted by Crippen LogP contribution is 2.71. The summed E-state index contributed by atoms with van der Waals surface area (Å²) in [6.07, 6.45) is 6.34. The second-order valence-corrected chi connectivity index (χ2v) is 7.73. The lowest BCUT2D eigenvalue weighted by Gasteiger charge is -2.67. The molecule has 0 aromatic carbocycles. The molecule has 1 aromatic rings. The first-order chi connectivity index (χ1) is 11.9. The molecular formula is C18H22N2O5. The van der Waals surface area contributed by atoms with E-state index >= 15 is 0 Å². The number of ketones is 1. The topological polar surface area (TPSA) is 87.5 Å². The van der Waals surface area contributed by atoms with Gasteiger partial charge in [0.05, 0.1) is 30.9 Å². The number of rotatable bonds is 5. The van der Waals surface area contributed by atoms with Gasteiger partial charge in [0.15, 0.2) is 0 Å². The van der Waals surface area contributed by atoms with Crippen molar-refractivity contribution in [2.24, 2.45) is 11.3 Å². The lowest BCUT2D eigenvalue weighted by Crippen LogP contribution is -2.71. The Labute approximate surface area is 145 Å². The molecule has 5 rings (SSSR count). The van der Waals surface area contributed by atoms with Crippen LogP contribution in [-0.4, -0.2) is 41.7 Å². The number of aryl methyl sites for hydroxylation is 1. The van der Waals surface area contributed by atoms with Gasteiger partial charge in [-0.1, -0.05) is 0 Å². The van der Waals surface area contributed by atoms with Crippen molar-refractivity contribution in [3.8, 4) is 0 Å². The number of carbonyl (C=O) groups is 3. The van der Waals surface area contributed by atoms with Gasteiger partial charge in [-0.05, 0) is 44.1 Å². The molecule has 0 aliphatic heterocycles. The molecule has 0 amide bonds. The maximum Gasteiger partial charge on any atom is 0.313 e. The molecule has 3 saturated carbocycles. The Hall–Kier alpha value is -2.18. The number of hydrogen-bond acceptors (Lipinski definition) is 6. The molecule has 134 valence electrons. The van der Waals surface area contributed by atoms with Crippen LogP contribution >= 0.6 is 0 Å². The van der Waals surface area contributed by atoms with E-state index < -0.39 is 5.97 Å². The third-order valence-electron chi connectivity index (χ3n) is 6.18. The Morgan fingerprint density at radius 2 is 1.96 bits per heavy atom. The standard InChI is InChI=1S/C18H22N2O5/c1-24-15(22)6-14(21)11-3-4-13-12(5-11)7-20(19-13)18-8-17(9-18,10-18)16(23)25-2/h7,11H,3-6,8-10H2,1-2H3/t11?,17-,18+. The zero-order valence-electron chi connectivity index (χ0n) is 14.5. The van der Waals surface area contributed by atoms with Gasteiger partial charge in [0.2, 0.25) is 0 Å². The van der Waals surface area contributed by atoms with Gasteiger partial charge in [0.1, 0.15) is 12.2 Å². The Morgan fingerprint density at radius 1 is 1.24 bits per heavy atom. The van der Waals surface area contributed by atoms with E-state index in [1.807, 2.05) is 10.9 Å². The molecule has 0 saturated heterocycles. The summed E-state index contributed by atoms with van der Waals surface area (Å²) >= 11 is 0. The van der Waals surface area contributed by atoms with Gasteiger partial charge in [-0.3, -0.25) is 19.1 Å². The molecule has 3 fully saturated rings. The molecule has 0 spiro atoms. The van der Waals surface area contributed by atoms with Crippen LogP contribution in [-0.2, 0) is 42.2 Å². The number of aromatic nitrogens is 2. The van der Waals surface area contributed by atoms with Crippen LogP contribution in [0.4, 0.5) is 0 Å². The predicted octanol–water partition coefficient (Wildman–Crippen LogP) is 1.17. The van der Waals surface area contributed by atoms with Crippen molar-refractivity contribution in [1.29, 1.82) is 0 Å². The first-order valence-corrected chi connectivity index (χ1v) is 8.67. The van der Waals surface area contributed by atoms with Gasteiger partial charge in [-0.2, -0.15) is 5.10 Å². The number of methoxy groups -OCH3 is 2. The lowest BCUT2D eigenvalue weighted by atomic mass is 9.39. The van der Waals surface area contributed by atoms with Crippen LogP contribution in [0, 0.1) is 11.3 Å².